The van der Waals surface area contributed by atoms with Crippen LogP contribution in [-0.2, 0) is 10.0 Å². The molecule has 1 aliphatic rings. The van der Waals surface area contributed by atoms with Gasteiger partial charge in [0.05, 0.1) is 11.1 Å². The molecule has 0 aliphatic carbocycles. The molecule has 0 aromatic heterocycles. The van der Waals surface area contributed by atoms with Crippen LogP contribution in [0, 0.1) is 11.7 Å². The summed E-state index contributed by atoms with van der Waals surface area (Å²) in [5.74, 6) is -1.01. The molecule has 1 aliphatic heterocycles. The predicted octanol–water partition coefficient (Wildman–Crippen LogP) is 1.45. The number of anilines is 1. The second-order valence-electron chi connectivity index (χ2n) is 5.01. The number of nitrogens with two attached hydrogens (primary N) is 1. The van der Waals surface area contributed by atoms with Gasteiger partial charge in [-0.3, -0.25) is 0 Å². The highest BCUT2D eigenvalue weighted by atomic mass is 35.5. The van der Waals surface area contributed by atoms with Crippen LogP contribution in [0.15, 0.2) is 17.0 Å². The topological polar surface area (TPSA) is 83.6 Å². The molecule has 20 heavy (non-hydrogen) atoms. The van der Waals surface area contributed by atoms with Gasteiger partial charge >= 0.3 is 0 Å². The van der Waals surface area contributed by atoms with Gasteiger partial charge in [0.2, 0.25) is 10.0 Å². The fraction of sp³-hybridized carbons (Fsp3) is 0.500. The van der Waals surface area contributed by atoms with Crippen molar-refractivity contribution in [3.8, 4) is 0 Å². The Hall–Kier alpha value is -0.890. The molecule has 0 spiro atoms. The Bertz CT molecular complexity index is 623. The summed E-state index contributed by atoms with van der Waals surface area (Å²) in [7, 11) is -4.06. The number of β-amino-alcohol motifs (C(OH)–C–C–N with tert-alkyl or cyclic N) is 1. The van der Waals surface area contributed by atoms with Crippen LogP contribution in [0.1, 0.15) is 13.3 Å². The highest BCUT2D eigenvalue weighted by Gasteiger charge is 2.34. The number of nitrogen functional groups attached to an aromatic ring is 1. The number of hydrogen-bond donors (Lipinski definition) is 2. The monoisotopic (exact) mass is 322 g/mol. The molecule has 0 amide bonds. The number of rotatable bonds is 2. The Balaban J connectivity index is 2.41. The zero-order valence-corrected chi connectivity index (χ0v) is 12.5. The Morgan fingerprint density at radius 1 is 1.50 bits per heavy atom. The molecule has 1 fully saturated rings. The third-order valence-electron chi connectivity index (χ3n) is 3.52. The van der Waals surface area contributed by atoms with Crippen LogP contribution in [0.4, 0.5) is 10.1 Å². The van der Waals surface area contributed by atoms with Crippen LogP contribution < -0.4 is 5.73 Å². The van der Waals surface area contributed by atoms with Gasteiger partial charge in [-0.05, 0) is 24.5 Å². The van der Waals surface area contributed by atoms with Gasteiger partial charge < -0.3 is 10.8 Å². The molecule has 0 bridgehead atoms. The van der Waals surface area contributed by atoms with E-state index in [1.165, 1.54) is 0 Å². The van der Waals surface area contributed by atoms with E-state index in [0.29, 0.717) is 6.42 Å². The first kappa shape index (κ1) is 15.5. The predicted molar refractivity (Wildman–Crippen MR) is 74.4 cm³/mol. The molecular formula is C12H16ClFN2O3S. The first-order valence-corrected chi connectivity index (χ1v) is 7.98. The van der Waals surface area contributed by atoms with Crippen LogP contribution in [0.5, 0.6) is 0 Å². The Morgan fingerprint density at radius 2 is 2.15 bits per heavy atom. The van der Waals surface area contributed by atoms with Gasteiger partial charge in [0, 0.05) is 18.8 Å². The van der Waals surface area contributed by atoms with Crippen molar-refractivity contribution in [2.45, 2.75) is 24.3 Å². The van der Waals surface area contributed by atoms with Crippen molar-refractivity contribution in [3.05, 3.63) is 23.0 Å². The van der Waals surface area contributed by atoms with E-state index >= 15 is 0 Å². The summed E-state index contributed by atoms with van der Waals surface area (Å²) in [6.45, 7) is 2.01. The zero-order valence-electron chi connectivity index (χ0n) is 10.9. The number of aliphatic hydroxyl groups is 1. The lowest BCUT2D eigenvalue weighted by Gasteiger charge is -2.33. The number of nitrogens with zero attached hydrogens (tertiary/aromatic N) is 1. The minimum atomic E-state index is -4.06. The summed E-state index contributed by atoms with van der Waals surface area (Å²) < 4.78 is 39.9. The quantitative estimate of drug-likeness (QED) is 0.807. The fourth-order valence-corrected chi connectivity index (χ4v) is 4.03. The molecule has 2 rings (SSSR count). The van der Waals surface area contributed by atoms with E-state index in [9.17, 15) is 17.9 Å². The van der Waals surface area contributed by atoms with E-state index in [-0.39, 0.29) is 29.7 Å². The minimum Gasteiger partial charge on any atom is -0.399 e. The van der Waals surface area contributed by atoms with Gasteiger partial charge in [-0.15, -0.1) is 0 Å². The second kappa shape index (κ2) is 5.48. The lowest BCUT2D eigenvalue weighted by molar-refractivity contribution is 0.0604. The summed E-state index contributed by atoms with van der Waals surface area (Å²) in [4.78, 5) is -0.552. The van der Waals surface area contributed by atoms with E-state index in [1.807, 2.05) is 6.92 Å². The van der Waals surface area contributed by atoms with Crippen molar-refractivity contribution in [1.29, 1.82) is 0 Å². The van der Waals surface area contributed by atoms with E-state index in [2.05, 4.69) is 0 Å². The molecule has 1 aromatic carbocycles. The van der Waals surface area contributed by atoms with Gasteiger partial charge in [-0.25, -0.2) is 12.8 Å². The van der Waals surface area contributed by atoms with E-state index in [1.54, 1.807) is 0 Å². The fourth-order valence-electron chi connectivity index (χ4n) is 2.15. The van der Waals surface area contributed by atoms with Crippen molar-refractivity contribution < 1.29 is 17.9 Å². The Morgan fingerprint density at radius 3 is 2.75 bits per heavy atom. The third kappa shape index (κ3) is 2.76. The lowest BCUT2D eigenvalue weighted by Crippen LogP contribution is -2.45. The van der Waals surface area contributed by atoms with E-state index < -0.39 is 26.8 Å². The van der Waals surface area contributed by atoms with E-state index in [0.717, 1.165) is 16.4 Å². The molecule has 1 aromatic rings. The summed E-state index contributed by atoms with van der Waals surface area (Å²) in [5, 5.41) is 9.45. The summed E-state index contributed by atoms with van der Waals surface area (Å²) in [5.41, 5.74) is 5.59. The van der Waals surface area contributed by atoms with Gasteiger partial charge in [-0.2, -0.15) is 4.31 Å². The van der Waals surface area contributed by atoms with Crippen molar-refractivity contribution in [2.75, 3.05) is 18.8 Å². The molecule has 0 radical (unpaired) electrons. The van der Waals surface area contributed by atoms with Crippen LogP contribution in [0.3, 0.4) is 0 Å². The van der Waals surface area contributed by atoms with Gasteiger partial charge in [-0.1, -0.05) is 18.5 Å². The molecule has 0 saturated carbocycles. The smallest absolute Gasteiger partial charge is 0.246 e. The van der Waals surface area contributed by atoms with Gasteiger partial charge in [0.1, 0.15) is 4.90 Å². The average molecular weight is 323 g/mol. The summed E-state index contributed by atoms with van der Waals surface area (Å²) in [6, 6.07) is 2.20. The molecule has 1 saturated heterocycles. The molecule has 5 nitrogen and oxygen atoms in total. The SMILES string of the molecule is CC1CCN(S(=O)(=O)c2cc(N)cc(Cl)c2F)CC1O. The van der Waals surface area contributed by atoms with E-state index in [4.69, 9.17) is 17.3 Å². The Kier molecular flexibility index (Phi) is 4.24. The maximum absolute atomic E-state index is 14.0. The maximum Gasteiger partial charge on any atom is 0.246 e. The molecule has 3 N–H and O–H groups in total. The number of piperidine rings is 1. The number of hydrogen-bond acceptors (Lipinski definition) is 4. The van der Waals surface area contributed by atoms with Crippen molar-refractivity contribution >= 4 is 27.3 Å². The normalized spacial score (nSPS) is 24.8. The van der Waals surface area contributed by atoms with Crippen molar-refractivity contribution in [3.63, 3.8) is 0 Å². The van der Waals surface area contributed by atoms with Crippen LogP contribution >= 0.6 is 11.6 Å². The number of benzene rings is 1. The molecule has 2 atom stereocenters. The minimum absolute atomic E-state index is 0.00993. The van der Waals surface area contributed by atoms with Crippen LogP contribution in [0.2, 0.25) is 5.02 Å². The molecule has 8 heteroatoms. The van der Waals surface area contributed by atoms with Gasteiger partial charge in [0.25, 0.3) is 0 Å². The third-order valence-corrected chi connectivity index (χ3v) is 5.66. The lowest BCUT2D eigenvalue weighted by atomic mass is 9.98. The molecule has 112 valence electrons. The molecule has 2 unspecified atom stereocenters. The largest absolute Gasteiger partial charge is 0.399 e. The van der Waals surface area contributed by atoms with Crippen molar-refractivity contribution in [1.82, 2.24) is 4.31 Å². The maximum atomic E-state index is 14.0. The molecule has 1 heterocycles. The zero-order chi connectivity index (χ0) is 15.1. The summed E-state index contributed by atoms with van der Waals surface area (Å²) in [6.07, 6.45) is -0.254. The number of sulfonamides is 1. The van der Waals surface area contributed by atoms with Crippen LogP contribution in [-0.4, -0.2) is 37.0 Å². The van der Waals surface area contributed by atoms with Crippen LogP contribution in [0.25, 0.3) is 0 Å². The average Bonchev–Trinajstić information content (AvgIpc) is 2.36. The summed E-state index contributed by atoms with van der Waals surface area (Å²) >= 11 is 5.63. The standard InChI is InChI=1S/C12H16ClFN2O3S/c1-7-2-3-16(6-10(7)17)20(18,19)11-5-8(15)4-9(13)12(11)14/h4-5,7,10,17H,2-3,6,15H2,1H3. The highest BCUT2D eigenvalue weighted by Crippen LogP contribution is 2.30. The number of aliphatic hydroxyl groups excluding tert-OH is 1. The van der Waals surface area contributed by atoms with Crippen molar-refractivity contribution in [2.24, 2.45) is 5.92 Å². The molecular weight excluding hydrogens is 307 g/mol. The first-order valence-electron chi connectivity index (χ1n) is 6.16. The highest BCUT2D eigenvalue weighted by molar-refractivity contribution is 7.89. The first-order chi connectivity index (χ1) is 9.23. The Labute approximate surface area is 122 Å². The number of halogens is 2. The second-order valence-corrected chi connectivity index (χ2v) is 7.32. The van der Waals surface area contributed by atoms with Gasteiger partial charge in [0.15, 0.2) is 5.82 Å².